The van der Waals surface area contributed by atoms with Crippen molar-refractivity contribution < 1.29 is 59.4 Å². The van der Waals surface area contributed by atoms with E-state index in [9.17, 15) is 54.3 Å². The standard InChI is InChI=1S/C30H54N6O12/c1-15(2)12-18(34-27(44)22(16(3)4)35-28(45)25(42)24(41)23(40)20(38)14-37)26(43)32-13-21(39)33-17(8-5-6-10-31)29(46)36-11-7-9-19(36)30(47)48/h15-20,22-25,37-38,40-42H,5-14,31H2,1-4H3,(H,32,43)(H,33,39)(H,34,44)(H,35,45)(H,47,48)/t17-,18-,19-,20+,22-,23+,24-,25+/m0/s1. The average molecular weight is 691 g/mol. The number of amides is 5. The van der Waals surface area contributed by atoms with Crippen LogP contribution >= 0.6 is 0 Å². The molecule has 0 saturated carbocycles. The summed E-state index contributed by atoms with van der Waals surface area (Å²) in [6.45, 7) is 5.76. The number of nitrogens with two attached hydrogens (primary N) is 1. The fourth-order valence-electron chi connectivity index (χ4n) is 5.19. The Morgan fingerprint density at radius 1 is 0.854 bits per heavy atom. The second kappa shape index (κ2) is 20.8. The van der Waals surface area contributed by atoms with Crippen LogP contribution in [0.2, 0.25) is 0 Å². The van der Waals surface area contributed by atoms with Crippen LogP contribution in [-0.4, -0.2) is 146 Å². The zero-order valence-electron chi connectivity index (χ0n) is 28.0. The summed E-state index contributed by atoms with van der Waals surface area (Å²) >= 11 is 0. The van der Waals surface area contributed by atoms with E-state index >= 15 is 0 Å². The van der Waals surface area contributed by atoms with Crippen molar-refractivity contribution in [2.45, 2.75) is 115 Å². The molecule has 0 bridgehead atoms. The molecule has 1 heterocycles. The first-order valence-electron chi connectivity index (χ1n) is 16.2. The van der Waals surface area contributed by atoms with Crippen molar-refractivity contribution in [2.75, 3.05) is 26.2 Å². The quantitative estimate of drug-likeness (QED) is 0.0511. The highest BCUT2D eigenvalue weighted by Crippen LogP contribution is 2.20. The van der Waals surface area contributed by atoms with Crippen LogP contribution in [0.4, 0.5) is 0 Å². The molecule has 18 nitrogen and oxygen atoms in total. The predicted molar refractivity (Wildman–Crippen MR) is 169 cm³/mol. The first-order valence-corrected chi connectivity index (χ1v) is 16.2. The monoisotopic (exact) mass is 690 g/mol. The van der Waals surface area contributed by atoms with Crippen LogP contribution in [0.3, 0.4) is 0 Å². The van der Waals surface area contributed by atoms with Gasteiger partial charge in [-0.25, -0.2) is 4.79 Å². The number of unbranched alkanes of at least 4 members (excludes halogenated alkanes) is 1. The van der Waals surface area contributed by atoms with Crippen molar-refractivity contribution in [3.8, 4) is 0 Å². The van der Waals surface area contributed by atoms with Gasteiger partial charge in [-0.1, -0.05) is 27.7 Å². The maximum Gasteiger partial charge on any atom is 0.326 e. The second-order valence-electron chi connectivity index (χ2n) is 12.7. The molecule has 0 aromatic rings. The molecule has 12 N–H and O–H groups in total. The molecule has 0 unspecified atom stereocenters. The summed E-state index contributed by atoms with van der Waals surface area (Å²) in [5, 5.41) is 67.7. The summed E-state index contributed by atoms with van der Waals surface area (Å²) in [6, 6.07) is -4.54. The van der Waals surface area contributed by atoms with Crippen LogP contribution in [0.15, 0.2) is 0 Å². The van der Waals surface area contributed by atoms with Crippen molar-refractivity contribution in [3.63, 3.8) is 0 Å². The van der Waals surface area contributed by atoms with E-state index in [1.807, 2.05) is 0 Å². The predicted octanol–water partition coefficient (Wildman–Crippen LogP) is -4.10. The van der Waals surface area contributed by atoms with E-state index in [1.54, 1.807) is 27.7 Å². The smallest absolute Gasteiger partial charge is 0.326 e. The zero-order chi connectivity index (χ0) is 36.7. The third-order valence-electron chi connectivity index (χ3n) is 7.93. The van der Waals surface area contributed by atoms with E-state index < -0.39 is 103 Å². The highest BCUT2D eigenvalue weighted by Gasteiger charge is 2.39. The number of aliphatic hydroxyl groups is 5. The number of carbonyl (C=O) groups excluding carboxylic acids is 5. The molecule has 1 aliphatic rings. The fraction of sp³-hybridized carbons (Fsp3) is 0.800. The van der Waals surface area contributed by atoms with Gasteiger partial charge in [0.2, 0.25) is 23.6 Å². The Bertz CT molecular complexity index is 1090. The Hall–Kier alpha value is -3.42. The average Bonchev–Trinajstić information content (AvgIpc) is 3.53. The number of hydrogen-bond acceptors (Lipinski definition) is 12. The molecule has 1 rings (SSSR count). The fourth-order valence-corrected chi connectivity index (χ4v) is 5.19. The number of rotatable bonds is 21. The van der Waals surface area contributed by atoms with Gasteiger partial charge in [0.25, 0.3) is 5.91 Å². The minimum absolute atomic E-state index is 0.120. The SMILES string of the molecule is CC(C)C[C@H](NC(=O)[C@@H](NC(=O)[C@H](O)[C@@H](O)[C@H](O)[C@H](O)CO)C(C)C)C(=O)NCC(=O)N[C@@H](CCCCN)C(=O)N1CCC[C@H]1C(=O)O. The third kappa shape index (κ3) is 13.2. The van der Waals surface area contributed by atoms with E-state index in [0.29, 0.717) is 32.2 Å². The van der Waals surface area contributed by atoms with Crippen LogP contribution < -0.4 is 27.0 Å². The lowest BCUT2D eigenvalue weighted by Gasteiger charge is -2.29. The van der Waals surface area contributed by atoms with Gasteiger partial charge >= 0.3 is 5.97 Å². The Morgan fingerprint density at radius 3 is 2.04 bits per heavy atom. The highest BCUT2D eigenvalue weighted by molar-refractivity contribution is 5.95. The summed E-state index contributed by atoms with van der Waals surface area (Å²) in [7, 11) is 0. The lowest BCUT2D eigenvalue weighted by atomic mass is 9.98. The maximum atomic E-state index is 13.2. The van der Waals surface area contributed by atoms with Crippen LogP contribution in [0.1, 0.15) is 66.2 Å². The van der Waals surface area contributed by atoms with Crippen molar-refractivity contribution in [1.82, 2.24) is 26.2 Å². The Kier molecular flexibility index (Phi) is 18.5. The van der Waals surface area contributed by atoms with Gasteiger partial charge in [-0.05, 0) is 56.9 Å². The summed E-state index contributed by atoms with van der Waals surface area (Å²) in [4.78, 5) is 77.9. The molecule has 5 amide bonds. The third-order valence-corrected chi connectivity index (χ3v) is 7.93. The number of aliphatic carboxylic acids is 1. The molecule has 18 heteroatoms. The van der Waals surface area contributed by atoms with Crippen molar-refractivity contribution in [1.29, 1.82) is 0 Å². The number of likely N-dealkylation sites (tertiary alicyclic amines) is 1. The van der Waals surface area contributed by atoms with Crippen LogP contribution in [-0.2, 0) is 28.8 Å². The Labute approximate surface area is 279 Å². The summed E-state index contributed by atoms with van der Waals surface area (Å²) < 4.78 is 0. The lowest BCUT2D eigenvalue weighted by Crippen LogP contribution is -2.59. The number of nitrogens with zero attached hydrogens (tertiary/aromatic N) is 1. The van der Waals surface area contributed by atoms with E-state index in [-0.39, 0.29) is 25.3 Å². The molecule has 0 aromatic carbocycles. The van der Waals surface area contributed by atoms with Gasteiger partial charge in [0.15, 0.2) is 6.10 Å². The minimum atomic E-state index is -2.28. The number of carboxylic acids is 1. The van der Waals surface area contributed by atoms with Crippen molar-refractivity contribution >= 4 is 35.5 Å². The maximum absolute atomic E-state index is 13.2. The second-order valence-corrected chi connectivity index (χ2v) is 12.7. The van der Waals surface area contributed by atoms with E-state index in [1.165, 1.54) is 4.90 Å². The first-order chi connectivity index (χ1) is 22.5. The number of carbonyl (C=O) groups is 6. The molecule has 1 saturated heterocycles. The van der Waals surface area contributed by atoms with Gasteiger partial charge in [0.1, 0.15) is 42.5 Å². The van der Waals surface area contributed by atoms with E-state index in [0.717, 1.165) is 0 Å². The first kappa shape index (κ1) is 42.6. The minimum Gasteiger partial charge on any atom is -0.480 e. The number of nitrogens with one attached hydrogen (secondary N) is 4. The highest BCUT2D eigenvalue weighted by atomic mass is 16.4. The summed E-state index contributed by atoms with van der Waals surface area (Å²) in [5.41, 5.74) is 5.56. The van der Waals surface area contributed by atoms with Gasteiger partial charge in [0, 0.05) is 6.54 Å². The molecule has 1 fully saturated rings. The molecule has 0 radical (unpaired) electrons. The van der Waals surface area contributed by atoms with Gasteiger partial charge in [-0.3, -0.25) is 24.0 Å². The van der Waals surface area contributed by atoms with Gasteiger partial charge in [0.05, 0.1) is 13.2 Å². The molecular weight excluding hydrogens is 636 g/mol. The Balaban J connectivity index is 2.95. The van der Waals surface area contributed by atoms with Gasteiger partial charge < -0.3 is 62.5 Å². The number of hydrogen-bond donors (Lipinski definition) is 11. The summed E-state index contributed by atoms with van der Waals surface area (Å²) in [6.07, 6.45) is -6.20. The van der Waals surface area contributed by atoms with Crippen molar-refractivity contribution in [2.24, 2.45) is 17.6 Å². The molecule has 0 aromatic heterocycles. The Morgan fingerprint density at radius 2 is 1.50 bits per heavy atom. The number of carboxylic acid groups (broad SMARTS) is 1. The van der Waals surface area contributed by atoms with Crippen LogP contribution in [0.25, 0.3) is 0 Å². The molecule has 0 aliphatic carbocycles. The van der Waals surface area contributed by atoms with E-state index in [4.69, 9.17) is 10.8 Å². The zero-order valence-corrected chi connectivity index (χ0v) is 28.0. The van der Waals surface area contributed by atoms with Crippen LogP contribution in [0.5, 0.6) is 0 Å². The molecule has 1 aliphatic heterocycles. The lowest BCUT2D eigenvalue weighted by molar-refractivity contribution is -0.151. The molecule has 0 spiro atoms. The molecule has 8 atom stereocenters. The largest absolute Gasteiger partial charge is 0.480 e. The van der Waals surface area contributed by atoms with Gasteiger partial charge in [-0.15, -0.1) is 0 Å². The molecule has 48 heavy (non-hydrogen) atoms. The van der Waals surface area contributed by atoms with Crippen molar-refractivity contribution in [3.05, 3.63) is 0 Å². The molecule has 276 valence electrons. The van der Waals surface area contributed by atoms with Gasteiger partial charge in [-0.2, -0.15) is 0 Å². The number of aliphatic hydroxyl groups excluding tert-OH is 5. The van der Waals surface area contributed by atoms with E-state index in [2.05, 4.69) is 21.3 Å². The topological polar surface area (TPSA) is 301 Å². The van der Waals surface area contributed by atoms with Crippen LogP contribution in [0, 0.1) is 11.8 Å². The summed E-state index contributed by atoms with van der Waals surface area (Å²) in [5.74, 6) is -5.94. The molecular formula is C30H54N6O12. The normalized spacial score (nSPS) is 19.1.